The normalized spacial score (nSPS) is 49.5. The van der Waals surface area contributed by atoms with Gasteiger partial charge in [-0.15, -0.1) is 0 Å². The lowest BCUT2D eigenvalue weighted by atomic mass is 10.1. The van der Waals surface area contributed by atoms with Crippen molar-refractivity contribution in [2.75, 3.05) is 6.61 Å². The maximum Gasteiger partial charge on any atom is 0.190 e. The molecule has 0 spiro atoms. The van der Waals surface area contributed by atoms with E-state index < -0.39 is 36.2 Å². The van der Waals surface area contributed by atoms with Crippen LogP contribution in [-0.2, 0) is 23.7 Å². The van der Waals surface area contributed by atoms with Crippen LogP contribution in [0.1, 0.15) is 27.7 Å². The molecule has 0 aromatic rings. The molecule has 0 saturated carbocycles. The Kier molecular flexibility index (Phi) is 2.75. The average molecular weight is 260 g/mol. The molecule has 0 aliphatic carbocycles. The quantitative estimate of drug-likeness (QED) is 0.735. The molecule has 3 aliphatic rings. The van der Waals surface area contributed by atoms with E-state index in [0.717, 1.165) is 0 Å². The van der Waals surface area contributed by atoms with Crippen molar-refractivity contribution in [2.45, 2.75) is 70.0 Å². The van der Waals surface area contributed by atoms with Gasteiger partial charge in [-0.05, 0) is 27.7 Å². The first-order valence-corrected chi connectivity index (χ1v) is 6.28. The van der Waals surface area contributed by atoms with E-state index >= 15 is 0 Å². The molecule has 0 aromatic carbocycles. The molecule has 4 unspecified atom stereocenters. The number of aliphatic hydroxyl groups excluding tert-OH is 1. The van der Waals surface area contributed by atoms with Gasteiger partial charge < -0.3 is 28.8 Å². The molecule has 0 amide bonds. The van der Waals surface area contributed by atoms with Crippen LogP contribution >= 0.6 is 0 Å². The lowest BCUT2D eigenvalue weighted by molar-refractivity contribution is -0.232. The molecular formula is C12H20O6. The summed E-state index contributed by atoms with van der Waals surface area (Å²) in [4.78, 5) is 0. The van der Waals surface area contributed by atoms with Gasteiger partial charge in [-0.2, -0.15) is 0 Å². The van der Waals surface area contributed by atoms with Gasteiger partial charge >= 0.3 is 0 Å². The van der Waals surface area contributed by atoms with Crippen LogP contribution in [0.4, 0.5) is 0 Å². The third-order valence-corrected chi connectivity index (χ3v) is 3.45. The molecule has 18 heavy (non-hydrogen) atoms. The van der Waals surface area contributed by atoms with Crippen molar-refractivity contribution in [3.05, 3.63) is 0 Å². The van der Waals surface area contributed by atoms with Crippen LogP contribution in [0, 0.1) is 0 Å². The average Bonchev–Trinajstić information content (AvgIpc) is 2.81. The van der Waals surface area contributed by atoms with Crippen LogP contribution in [0.15, 0.2) is 0 Å². The summed E-state index contributed by atoms with van der Waals surface area (Å²) < 4.78 is 28.1. The Labute approximate surface area is 106 Å². The second-order valence-corrected chi connectivity index (χ2v) is 5.93. The summed E-state index contributed by atoms with van der Waals surface area (Å²) in [7, 11) is 0. The molecule has 3 fully saturated rings. The molecule has 3 aliphatic heterocycles. The molecule has 1 N–H and O–H groups in total. The molecule has 5 atom stereocenters. The minimum absolute atomic E-state index is 0.295. The van der Waals surface area contributed by atoms with Crippen molar-refractivity contribution in [1.82, 2.24) is 0 Å². The maximum absolute atomic E-state index is 10.3. The lowest BCUT2D eigenvalue weighted by Gasteiger charge is -2.26. The van der Waals surface area contributed by atoms with Crippen LogP contribution < -0.4 is 0 Å². The highest BCUT2D eigenvalue weighted by Crippen LogP contribution is 2.40. The highest BCUT2D eigenvalue weighted by Gasteiger charge is 2.57. The zero-order valence-electron chi connectivity index (χ0n) is 11.1. The summed E-state index contributed by atoms with van der Waals surface area (Å²) in [5.41, 5.74) is 0. The van der Waals surface area contributed by atoms with Crippen LogP contribution in [0.25, 0.3) is 0 Å². The third kappa shape index (κ3) is 2.07. The van der Waals surface area contributed by atoms with E-state index in [1.165, 1.54) is 0 Å². The number of hydrogen-bond acceptors (Lipinski definition) is 6. The molecular weight excluding hydrogens is 240 g/mol. The van der Waals surface area contributed by atoms with Gasteiger partial charge in [-0.1, -0.05) is 0 Å². The fraction of sp³-hybridized carbons (Fsp3) is 1.00. The van der Waals surface area contributed by atoms with Gasteiger partial charge in [0.25, 0.3) is 0 Å². The van der Waals surface area contributed by atoms with Crippen molar-refractivity contribution in [1.29, 1.82) is 0 Å². The van der Waals surface area contributed by atoms with Gasteiger partial charge in [0.2, 0.25) is 0 Å². The van der Waals surface area contributed by atoms with E-state index in [1.807, 2.05) is 13.8 Å². The van der Waals surface area contributed by atoms with Crippen molar-refractivity contribution >= 4 is 0 Å². The summed E-state index contributed by atoms with van der Waals surface area (Å²) in [5, 5.41) is 10.3. The second kappa shape index (κ2) is 3.88. The van der Waals surface area contributed by atoms with Crippen LogP contribution in [-0.4, -0.2) is 54.0 Å². The zero-order chi connectivity index (χ0) is 13.1. The van der Waals surface area contributed by atoms with E-state index in [4.69, 9.17) is 23.7 Å². The summed E-state index contributed by atoms with van der Waals surface area (Å²) >= 11 is 0. The smallest absolute Gasteiger partial charge is 0.190 e. The third-order valence-electron chi connectivity index (χ3n) is 3.45. The van der Waals surface area contributed by atoms with Crippen LogP contribution in [0.2, 0.25) is 0 Å². The van der Waals surface area contributed by atoms with Crippen LogP contribution in [0.5, 0.6) is 0 Å². The largest absolute Gasteiger partial charge is 0.387 e. The fourth-order valence-electron chi connectivity index (χ4n) is 2.70. The molecule has 6 nitrogen and oxygen atoms in total. The predicted molar refractivity (Wildman–Crippen MR) is 59.6 cm³/mol. The van der Waals surface area contributed by atoms with Crippen LogP contribution in [0.3, 0.4) is 0 Å². The van der Waals surface area contributed by atoms with E-state index in [1.54, 1.807) is 13.8 Å². The Morgan fingerprint density at radius 3 is 2.22 bits per heavy atom. The molecule has 3 rings (SSSR count). The van der Waals surface area contributed by atoms with Gasteiger partial charge in [0.15, 0.2) is 17.9 Å². The van der Waals surface area contributed by atoms with E-state index in [2.05, 4.69) is 0 Å². The molecule has 0 radical (unpaired) electrons. The Hall–Kier alpha value is -0.240. The van der Waals surface area contributed by atoms with Gasteiger partial charge in [-0.25, -0.2) is 0 Å². The zero-order valence-corrected chi connectivity index (χ0v) is 11.1. The summed E-state index contributed by atoms with van der Waals surface area (Å²) in [6.45, 7) is 7.68. The topological polar surface area (TPSA) is 66.4 Å². The number of aliphatic hydroxyl groups is 1. The van der Waals surface area contributed by atoms with Crippen molar-refractivity contribution in [3.8, 4) is 0 Å². The first-order chi connectivity index (χ1) is 8.27. The maximum atomic E-state index is 10.3. The predicted octanol–water partition coefficient (Wildman–Crippen LogP) is 0.375. The minimum Gasteiger partial charge on any atom is -0.387 e. The fourth-order valence-corrected chi connectivity index (χ4v) is 2.70. The first kappa shape index (κ1) is 12.8. The van der Waals surface area contributed by atoms with Gasteiger partial charge in [0.05, 0.1) is 6.61 Å². The Balaban J connectivity index is 1.68. The molecule has 3 heterocycles. The van der Waals surface area contributed by atoms with E-state index in [9.17, 15) is 5.11 Å². The minimum atomic E-state index is -0.765. The SMILES string of the molecule is CC1(C)OC2OC([C@H]3COC(C)(C)O3)C(O)C2O1. The lowest BCUT2D eigenvalue weighted by Crippen LogP contribution is -2.42. The first-order valence-electron chi connectivity index (χ1n) is 6.28. The van der Waals surface area contributed by atoms with Gasteiger partial charge in [-0.3, -0.25) is 0 Å². The van der Waals surface area contributed by atoms with E-state index in [0.29, 0.717) is 6.61 Å². The molecule has 0 aromatic heterocycles. The van der Waals surface area contributed by atoms with Gasteiger partial charge in [0.1, 0.15) is 24.4 Å². The number of rotatable bonds is 1. The number of hydrogen-bond donors (Lipinski definition) is 1. The Morgan fingerprint density at radius 2 is 1.67 bits per heavy atom. The highest BCUT2D eigenvalue weighted by molar-refractivity contribution is 4.97. The standard InChI is InChI=1S/C12H20O6/c1-11(2)14-5-6(16-11)8-7(13)9-10(15-8)18-12(3,4)17-9/h6-10,13H,5H2,1-4H3/t6-,7?,8?,9?,10?/m1/s1. The van der Waals surface area contributed by atoms with Gasteiger partial charge in [0, 0.05) is 0 Å². The summed E-state index contributed by atoms with van der Waals surface area (Å²) in [6.07, 6.45) is -2.53. The summed E-state index contributed by atoms with van der Waals surface area (Å²) in [6, 6.07) is 0. The molecule has 0 bridgehead atoms. The highest BCUT2D eigenvalue weighted by atomic mass is 16.8. The van der Waals surface area contributed by atoms with Crippen molar-refractivity contribution in [2.24, 2.45) is 0 Å². The Morgan fingerprint density at radius 1 is 0.944 bits per heavy atom. The molecule has 104 valence electrons. The molecule has 3 saturated heterocycles. The van der Waals surface area contributed by atoms with Crippen molar-refractivity contribution in [3.63, 3.8) is 0 Å². The number of fused-ring (bicyclic) bond motifs is 1. The summed E-state index contributed by atoms with van der Waals surface area (Å²) in [5.74, 6) is -1.35. The number of ether oxygens (including phenoxy) is 5. The van der Waals surface area contributed by atoms with E-state index in [-0.39, 0.29) is 6.10 Å². The monoisotopic (exact) mass is 260 g/mol. The Bertz CT molecular complexity index is 341. The second-order valence-electron chi connectivity index (χ2n) is 5.93. The molecule has 6 heteroatoms. The van der Waals surface area contributed by atoms with Crippen molar-refractivity contribution < 1.29 is 28.8 Å².